The van der Waals surface area contributed by atoms with E-state index in [1.165, 1.54) is 19.3 Å². The molecule has 2 aromatic rings. The van der Waals surface area contributed by atoms with Crippen LogP contribution in [0, 0.1) is 0 Å². The van der Waals surface area contributed by atoms with Crippen LogP contribution in [0.1, 0.15) is 10.4 Å². The number of carbonyl (C=O) groups excluding carboxylic acids is 2. The van der Waals surface area contributed by atoms with Crippen LogP contribution in [-0.4, -0.2) is 42.3 Å². The topological polar surface area (TPSA) is 132 Å². The number of ether oxygens (including phenoxy) is 1. The zero-order valence-electron chi connectivity index (χ0n) is 12.5. The standard InChI is InChI=1S/C12H12ClN5O5S/c1-18-10(8(9(13)16-18)11(19)23-2)24(21,22)17-12(20)15-7-5-3-4-6-14-7/h3-6H,1-2H3,(H2,14,15,17,20). The summed E-state index contributed by atoms with van der Waals surface area (Å²) >= 11 is 5.76. The molecule has 0 aliphatic rings. The van der Waals surface area contributed by atoms with Gasteiger partial charge in [-0.25, -0.2) is 19.3 Å². The molecule has 2 aromatic heterocycles. The first-order valence-corrected chi connectivity index (χ1v) is 8.18. The molecule has 0 saturated carbocycles. The van der Waals surface area contributed by atoms with Gasteiger partial charge in [0, 0.05) is 13.2 Å². The molecule has 0 radical (unpaired) electrons. The monoisotopic (exact) mass is 373 g/mol. The first kappa shape index (κ1) is 17.7. The summed E-state index contributed by atoms with van der Waals surface area (Å²) < 4.78 is 31.9. The molecule has 0 fully saturated rings. The zero-order chi connectivity index (χ0) is 17.9. The predicted molar refractivity (Wildman–Crippen MR) is 83.1 cm³/mol. The number of pyridine rings is 1. The van der Waals surface area contributed by atoms with E-state index in [0.29, 0.717) is 0 Å². The number of urea groups is 1. The van der Waals surface area contributed by atoms with Crippen molar-refractivity contribution in [1.29, 1.82) is 0 Å². The number of sulfonamides is 1. The van der Waals surface area contributed by atoms with Crippen LogP contribution in [0.2, 0.25) is 5.15 Å². The number of aryl methyl sites for hydroxylation is 1. The molecule has 0 aromatic carbocycles. The summed E-state index contributed by atoms with van der Waals surface area (Å²) in [6.07, 6.45) is 1.42. The summed E-state index contributed by atoms with van der Waals surface area (Å²) in [5, 5.41) is 4.93. The van der Waals surface area contributed by atoms with E-state index < -0.39 is 32.6 Å². The van der Waals surface area contributed by atoms with Crippen LogP contribution in [0.25, 0.3) is 0 Å². The fourth-order valence-corrected chi connectivity index (χ4v) is 3.37. The molecule has 2 amide bonds. The first-order chi connectivity index (χ1) is 11.3. The SMILES string of the molecule is COC(=O)c1c(Cl)nn(C)c1S(=O)(=O)NC(=O)Nc1ccccn1. The van der Waals surface area contributed by atoms with Gasteiger partial charge in [-0.3, -0.25) is 10.00 Å². The number of halogens is 1. The van der Waals surface area contributed by atoms with E-state index >= 15 is 0 Å². The van der Waals surface area contributed by atoms with E-state index in [2.05, 4.69) is 20.1 Å². The lowest BCUT2D eigenvalue weighted by atomic mass is 10.4. The molecule has 10 nitrogen and oxygen atoms in total. The lowest BCUT2D eigenvalue weighted by Crippen LogP contribution is -2.36. The number of hydrogen-bond acceptors (Lipinski definition) is 7. The van der Waals surface area contributed by atoms with E-state index in [0.717, 1.165) is 11.8 Å². The second-order valence-corrected chi connectivity index (χ2v) is 6.32. The van der Waals surface area contributed by atoms with Crippen molar-refractivity contribution in [2.75, 3.05) is 12.4 Å². The van der Waals surface area contributed by atoms with Gasteiger partial charge in [-0.15, -0.1) is 0 Å². The maximum absolute atomic E-state index is 12.4. The van der Waals surface area contributed by atoms with Gasteiger partial charge in [-0.1, -0.05) is 17.7 Å². The summed E-state index contributed by atoms with van der Waals surface area (Å²) in [7, 11) is -2.14. The van der Waals surface area contributed by atoms with Crippen molar-refractivity contribution in [3.05, 3.63) is 35.1 Å². The Hall–Kier alpha value is -2.66. The highest BCUT2D eigenvalue weighted by molar-refractivity contribution is 7.90. The summed E-state index contributed by atoms with van der Waals surface area (Å²) in [6.45, 7) is 0. The smallest absolute Gasteiger partial charge is 0.344 e. The molecule has 0 bridgehead atoms. The average Bonchev–Trinajstić information content (AvgIpc) is 2.82. The molecule has 0 spiro atoms. The Morgan fingerprint density at radius 1 is 1.33 bits per heavy atom. The highest BCUT2D eigenvalue weighted by Gasteiger charge is 2.32. The van der Waals surface area contributed by atoms with Crippen LogP contribution >= 0.6 is 11.6 Å². The maximum Gasteiger partial charge on any atom is 0.344 e. The molecular weight excluding hydrogens is 362 g/mol. The normalized spacial score (nSPS) is 11.0. The van der Waals surface area contributed by atoms with Crippen LogP contribution in [0.4, 0.5) is 10.6 Å². The van der Waals surface area contributed by atoms with Gasteiger partial charge in [0.05, 0.1) is 7.11 Å². The minimum Gasteiger partial charge on any atom is -0.465 e. The van der Waals surface area contributed by atoms with Gasteiger partial charge in [-0.05, 0) is 12.1 Å². The Labute approximate surface area is 141 Å². The van der Waals surface area contributed by atoms with Crippen LogP contribution in [-0.2, 0) is 21.8 Å². The molecule has 2 N–H and O–H groups in total. The van der Waals surface area contributed by atoms with Crippen molar-refractivity contribution in [2.24, 2.45) is 7.05 Å². The van der Waals surface area contributed by atoms with Crippen LogP contribution < -0.4 is 10.0 Å². The lowest BCUT2D eigenvalue weighted by Gasteiger charge is -2.09. The zero-order valence-corrected chi connectivity index (χ0v) is 14.1. The van der Waals surface area contributed by atoms with Gasteiger partial charge >= 0.3 is 12.0 Å². The second-order valence-electron chi connectivity index (χ2n) is 4.36. The van der Waals surface area contributed by atoms with Gasteiger partial charge in [0.1, 0.15) is 11.4 Å². The minimum atomic E-state index is -4.45. The van der Waals surface area contributed by atoms with E-state index in [4.69, 9.17) is 11.6 Å². The summed E-state index contributed by atoms with van der Waals surface area (Å²) in [5.74, 6) is -0.861. The highest BCUT2D eigenvalue weighted by atomic mass is 35.5. The van der Waals surface area contributed by atoms with Crippen molar-refractivity contribution < 1.29 is 22.7 Å². The van der Waals surface area contributed by atoms with Gasteiger partial charge in [0.25, 0.3) is 10.0 Å². The number of amides is 2. The number of anilines is 1. The van der Waals surface area contributed by atoms with Crippen molar-refractivity contribution in [1.82, 2.24) is 19.5 Å². The molecule has 0 saturated heterocycles. The first-order valence-electron chi connectivity index (χ1n) is 6.32. The largest absolute Gasteiger partial charge is 0.465 e. The Kier molecular flexibility index (Phi) is 5.04. The lowest BCUT2D eigenvalue weighted by molar-refractivity contribution is 0.0596. The number of aromatic nitrogens is 3. The van der Waals surface area contributed by atoms with Gasteiger partial charge in [0.15, 0.2) is 10.2 Å². The Bertz CT molecular complexity index is 881. The molecule has 12 heteroatoms. The number of carbonyl (C=O) groups is 2. The summed E-state index contributed by atoms with van der Waals surface area (Å²) in [5.41, 5.74) is -0.472. The second kappa shape index (κ2) is 6.84. The van der Waals surface area contributed by atoms with Crippen LogP contribution in [0.5, 0.6) is 0 Å². The number of nitrogens with zero attached hydrogens (tertiary/aromatic N) is 3. The average molecular weight is 374 g/mol. The van der Waals surface area contributed by atoms with Gasteiger partial charge < -0.3 is 4.74 Å². The fourth-order valence-electron chi connectivity index (χ4n) is 1.81. The van der Waals surface area contributed by atoms with Crippen molar-refractivity contribution >= 4 is 39.4 Å². The van der Waals surface area contributed by atoms with Crippen LogP contribution in [0.15, 0.2) is 29.4 Å². The number of nitrogens with one attached hydrogen (secondary N) is 2. The van der Waals surface area contributed by atoms with E-state index in [1.807, 2.05) is 0 Å². The molecule has 2 rings (SSSR count). The molecule has 2 heterocycles. The Morgan fingerprint density at radius 3 is 2.62 bits per heavy atom. The van der Waals surface area contributed by atoms with Crippen molar-refractivity contribution in [3.63, 3.8) is 0 Å². The number of hydrogen-bond donors (Lipinski definition) is 2. The van der Waals surface area contributed by atoms with Crippen molar-refractivity contribution in [2.45, 2.75) is 5.03 Å². The number of rotatable bonds is 4. The molecular formula is C12H12ClN5O5S. The Morgan fingerprint density at radius 2 is 2.04 bits per heavy atom. The minimum absolute atomic E-state index is 0.140. The quantitative estimate of drug-likeness (QED) is 0.756. The molecule has 24 heavy (non-hydrogen) atoms. The Balaban J connectivity index is 2.31. The van der Waals surface area contributed by atoms with E-state index in [-0.39, 0.29) is 11.0 Å². The van der Waals surface area contributed by atoms with E-state index in [9.17, 15) is 18.0 Å². The summed E-state index contributed by atoms with van der Waals surface area (Å²) in [4.78, 5) is 27.4. The predicted octanol–water partition coefficient (Wildman–Crippen LogP) is 0.765. The third-order valence-electron chi connectivity index (χ3n) is 2.73. The highest BCUT2D eigenvalue weighted by Crippen LogP contribution is 2.23. The van der Waals surface area contributed by atoms with Gasteiger partial charge in [0.2, 0.25) is 0 Å². The molecule has 0 atom stereocenters. The third kappa shape index (κ3) is 3.63. The number of methoxy groups -OCH3 is 1. The fraction of sp³-hybridized carbons (Fsp3) is 0.167. The maximum atomic E-state index is 12.4. The van der Waals surface area contributed by atoms with Crippen molar-refractivity contribution in [3.8, 4) is 0 Å². The summed E-state index contributed by atoms with van der Waals surface area (Å²) in [6, 6.07) is 3.63. The third-order valence-corrected chi connectivity index (χ3v) is 4.43. The van der Waals surface area contributed by atoms with Crippen LogP contribution in [0.3, 0.4) is 0 Å². The van der Waals surface area contributed by atoms with Gasteiger partial charge in [-0.2, -0.15) is 13.5 Å². The molecule has 0 aliphatic heterocycles. The molecule has 0 aliphatic carbocycles. The molecule has 128 valence electrons. The number of esters is 1. The van der Waals surface area contributed by atoms with E-state index in [1.54, 1.807) is 16.9 Å². The molecule has 0 unspecified atom stereocenters.